The summed E-state index contributed by atoms with van der Waals surface area (Å²) in [6, 6.07) is 15.4. The molecule has 0 bridgehead atoms. The molecule has 3 atom stereocenters. The second kappa shape index (κ2) is 8.56. The minimum atomic E-state index is -0.329. The number of rotatable bonds is 4. The summed E-state index contributed by atoms with van der Waals surface area (Å²) in [7, 11) is 0. The third-order valence-electron chi connectivity index (χ3n) is 6.42. The minimum absolute atomic E-state index is 0.118. The van der Waals surface area contributed by atoms with E-state index in [1.165, 1.54) is 12.8 Å². The van der Waals surface area contributed by atoms with E-state index in [0.29, 0.717) is 17.9 Å². The summed E-state index contributed by atoms with van der Waals surface area (Å²) in [6.07, 6.45) is 3.54. The number of hydrogen-bond donors (Lipinski definition) is 0. The predicted molar refractivity (Wildman–Crippen MR) is 122 cm³/mol. The van der Waals surface area contributed by atoms with Gasteiger partial charge in [-0.05, 0) is 36.8 Å². The van der Waals surface area contributed by atoms with Crippen LogP contribution in [0.3, 0.4) is 0 Å². The van der Waals surface area contributed by atoms with Gasteiger partial charge in [-0.25, -0.2) is 4.99 Å². The standard InChI is InChI=1S/C24H27N3O2S/c1-16-9-6-13-22(18(16)3)26-23(19-10-7-11-20(14-19)27(28)29)15-30-24(26)25-21-12-5-4-8-17(21)2/h4-5,7-8,10-12,14-16,18,22H,6,9,13H2,1-3H3. The van der Waals surface area contributed by atoms with Crippen LogP contribution in [0, 0.1) is 28.9 Å². The number of non-ortho nitro benzene ring substituents is 1. The van der Waals surface area contributed by atoms with Gasteiger partial charge in [0.05, 0.1) is 16.3 Å². The van der Waals surface area contributed by atoms with E-state index < -0.39 is 0 Å². The van der Waals surface area contributed by atoms with Crippen LogP contribution in [0.4, 0.5) is 11.4 Å². The van der Waals surface area contributed by atoms with Crippen molar-refractivity contribution < 1.29 is 4.92 Å². The maximum Gasteiger partial charge on any atom is 0.270 e. The highest BCUT2D eigenvalue weighted by Gasteiger charge is 2.30. The SMILES string of the molecule is Cc1ccccc1N=c1scc(-c2cccc([N+](=O)[O-])c2)n1C1CCCC(C)C1C. The summed E-state index contributed by atoms with van der Waals surface area (Å²) < 4.78 is 2.34. The van der Waals surface area contributed by atoms with E-state index in [0.717, 1.165) is 33.7 Å². The zero-order valence-corrected chi connectivity index (χ0v) is 18.4. The zero-order valence-electron chi connectivity index (χ0n) is 17.6. The normalized spacial score (nSPS) is 22.2. The molecule has 3 unspecified atom stereocenters. The molecule has 1 aliphatic rings. The Morgan fingerprint density at radius 1 is 1.13 bits per heavy atom. The topological polar surface area (TPSA) is 60.4 Å². The van der Waals surface area contributed by atoms with Crippen molar-refractivity contribution in [3.8, 4) is 11.3 Å². The molecule has 0 spiro atoms. The lowest BCUT2D eigenvalue weighted by molar-refractivity contribution is -0.384. The van der Waals surface area contributed by atoms with Gasteiger partial charge in [0.1, 0.15) is 0 Å². The van der Waals surface area contributed by atoms with Crippen molar-refractivity contribution in [3.63, 3.8) is 0 Å². The Morgan fingerprint density at radius 2 is 1.93 bits per heavy atom. The number of para-hydroxylation sites is 1. The lowest BCUT2D eigenvalue weighted by Crippen LogP contribution is -2.32. The van der Waals surface area contributed by atoms with E-state index in [2.05, 4.69) is 36.8 Å². The van der Waals surface area contributed by atoms with Crippen LogP contribution in [0.15, 0.2) is 58.9 Å². The van der Waals surface area contributed by atoms with Crippen molar-refractivity contribution >= 4 is 22.7 Å². The third kappa shape index (κ3) is 3.97. The van der Waals surface area contributed by atoms with Crippen LogP contribution in [0.5, 0.6) is 0 Å². The van der Waals surface area contributed by atoms with Crippen LogP contribution in [0.2, 0.25) is 0 Å². The molecule has 1 heterocycles. The monoisotopic (exact) mass is 421 g/mol. The van der Waals surface area contributed by atoms with Crippen LogP contribution >= 0.6 is 11.3 Å². The summed E-state index contributed by atoms with van der Waals surface area (Å²) in [4.78, 5) is 17.0. The number of nitro groups is 1. The van der Waals surface area contributed by atoms with E-state index >= 15 is 0 Å². The van der Waals surface area contributed by atoms with Crippen LogP contribution in [0.25, 0.3) is 11.3 Å². The fourth-order valence-electron chi connectivity index (χ4n) is 4.42. The van der Waals surface area contributed by atoms with Gasteiger partial charge >= 0.3 is 0 Å². The van der Waals surface area contributed by atoms with E-state index in [-0.39, 0.29) is 10.6 Å². The van der Waals surface area contributed by atoms with Crippen LogP contribution in [-0.4, -0.2) is 9.49 Å². The van der Waals surface area contributed by atoms with Crippen molar-refractivity contribution in [1.29, 1.82) is 0 Å². The van der Waals surface area contributed by atoms with E-state index in [9.17, 15) is 10.1 Å². The highest BCUT2D eigenvalue weighted by Crippen LogP contribution is 2.40. The van der Waals surface area contributed by atoms with Crippen molar-refractivity contribution in [2.75, 3.05) is 0 Å². The Hall–Kier alpha value is -2.73. The second-order valence-corrected chi connectivity index (χ2v) is 9.15. The molecule has 3 aromatic rings. The van der Waals surface area contributed by atoms with E-state index in [1.807, 2.05) is 24.3 Å². The molecule has 156 valence electrons. The first-order valence-corrected chi connectivity index (χ1v) is 11.4. The Morgan fingerprint density at radius 3 is 2.70 bits per heavy atom. The molecule has 1 saturated carbocycles. The molecule has 1 fully saturated rings. The lowest BCUT2D eigenvalue weighted by atomic mass is 9.78. The molecule has 0 radical (unpaired) electrons. The quantitative estimate of drug-likeness (QED) is 0.349. The number of nitrogens with zero attached hydrogens (tertiary/aromatic N) is 3. The molecule has 6 heteroatoms. The first-order valence-electron chi connectivity index (χ1n) is 10.5. The average Bonchev–Trinajstić information content (AvgIpc) is 3.15. The minimum Gasteiger partial charge on any atom is -0.313 e. The molecule has 0 N–H and O–H groups in total. The van der Waals surface area contributed by atoms with Gasteiger partial charge in [0.2, 0.25) is 0 Å². The van der Waals surface area contributed by atoms with Crippen molar-refractivity contribution in [2.45, 2.75) is 46.1 Å². The van der Waals surface area contributed by atoms with Gasteiger partial charge < -0.3 is 4.57 Å². The number of nitro benzene ring substituents is 1. The zero-order chi connectivity index (χ0) is 21.3. The molecule has 5 nitrogen and oxygen atoms in total. The summed E-state index contributed by atoms with van der Waals surface area (Å²) >= 11 is 1.61. The van der Waals surface area contributed by atoms with Crippen LogP contribution in [0.1, 0.15) is 44.7 Å². The Bertz CT molecular complexity index is 1130. The molecule has 30 heavy (non-hydrogen) atoms. The highest BCUT2D eigenvalue weighted by molar-refractivity contribution is 7.07. The molecular formula is C24H27N3O2S. The maximum absolute atomic E-state index is 11.3. The molecule has 0 aliphatic heterocycles. The van der Waals surface area contributed by atoms with E-state index in [4.69, 9.17) is 4.99 Å². The number of aromatic nitrogens is 1. The molecule has 4 rings (SSSR count). The highest BCUT2D eigenvalue weighted by atomic mass is 32.1. The average molecular weight is 422 g/mol. The van der Waals surface area contributed by atoms with E-state index in [1.54, 1.807) is 29.5 Å². The summed E-state index contributed by atoms with van der Waals surface area (Å²) in [5, 5.41) is 13.4. The van der Waals surface area contributed by atoms with Gasteiger partial charge in [-0.3, -0.25) is 10.1 Å². The number of benzene rings is 2. The molecule has 1 aromatic heterocycles. The Labute approximate surface area is 180 Å². The molecule has 2 aromatic carbocycles. The molecule has 0 saturated heterocycles. The summed E-state index contributed by atoms with van der Waals surface area (Å²) in [5.74, 6) is 1.15. The van der Waals surface area contributed by atoms with Gasteiger partial charge in [0.15, 0.2) is 4.80 Å². The summed E-state index contributed by atoms with van der Waals surface area (Å²) in [5.41, 5.74) is 4.11. The van der Waals surface area contributed by atoms with Gasteiger partial charge in [0.25, 0.3) is 5.69 Å². The third-order valence-corrected chi connectivity index (χ3v) is 7.26. The van der Waals surface area contributed by atoms with Gasteiger partial charge in [-0.15, -0.1) is 11.3 Å². The largest absolute Gasteiger partial charge is 0.313 e. The number of hydrogen-bond acceptors (Lipinski definition) is 4. The smallest absolute Gasteiger partial charge is 0.270 e. The van der Waals surface area contributed by atoms with Gasteiger partial charge in [-0.1, -0.05) is 57.0 Å². The number of thiazole rings is 1. The fourth-order valence-corrected chi connectivity index (χ4v) is 5.39. The van der Waals surface area contributed by atoms with Crippen molar-refractivity contribution in [1.82, 2.24) is 4.57 Å². The molecule has 0 amide bonds. The molecular weight excluding hydrogens is 394 g/mol. The second-order valence-electron chi connectivity index (χ2n) is 8.31. The van der Waals surface area contributed by atoms with Crippen molar-refractivity contribution in [2.24, 2.45) is 16.8 Å². The number of aryl methyl sites for hydroxylation is 1. The first kappa shape index (κ1) is 20.5. The fraction of sp³-hybridized carbons (Fsp3) is 0.375. The Kier molecular flexibility index (Phi) is 5.86. The predicted octanol–water partition coefficient (Wildman–Crippen LogP) is 6.66. The molecule has 1 aliphatic carbocycles. The van der Waals surface area contributed by atoms with Crippen LogP contribution in [-0.2, 0) is 0 Å². The van der Waals surface area contributed by atoms with Gasteiger partial charge in [-0.2, -0.15) is 0 Å². The van der Waals surface area contributed by atoms with Crippen molar-refractivity contribution in [3.05, 3.63) is 74.4 Å². The van der Waals surface area contributed by atoms with Crippen LogP contribution < -0.4 is 4.80 Å². The van der Waals surface area contributed by atoms with Gasteiger partial charge in [0, 0.05) is 29.1 Å². The lowest BCUT2D eigenvalue weighted by Gasteiger charge is -2.36. The maximum atomic E-state index is 11.3. The Balaban J connectivity index is 1.92. The summed E-state index contributed by atoms with van der Waals surface area (Å²) in [6.45, 7) is 6.73. The first-order chi connectivity index (χ1) is 14.5.